The van der Waals surface area contributed by atoms with Crippen molar-refractivity contribution in [1.29, 1.82) is 0 Å². The van der Waals surface area contributed by atoms with E-state index >= 15 is 0 Å². The molecule has 1 radical (unpaired) electrons. The van der Waals surface area contributed by atoms with Crippen molar-refractivity contribution in [3.05, 3.63) is 24.5 Å². The van der Waals surface area contributed by atoms with Crippen molar-refractivity contribution in [2.24, 2.45) is 0 Å². The first-order valence-corrected chi connectivity index (χ1v) is 4.44. The minimum atomic E-state index is 0.796. The summed E-state index contributed by atoms with van der Waals surface area (Å²) in [6.45, 7) is 0. The summed E-state index contributed by atoms with van der Waals surface area (Å²) in [5.41, 5.74) is 0. The fourth-order valence-electron chi connectivity index (χ4n) is 0.894. The van der Waals surface area contributed by atoms with Crippen molar-refractivity contribution in [2.45, 2.75) is 4.90 Å². The fraction of sp³-hybridized carbons (Fsp3) is 0.222. The summed E-state index contributed by atoms with van der Waals surface area (Å²) in [6, 6.07) is 5.65. The van der Waals surface area contributed by atoms with E-state index in [0.29, 0.717) is 0 Å². The van der Waals surface area contributed by atoms with E-state index in [9.17, 15) is 0 Å². The zero-order valence-electron chi connectivity index (χ0n) is 7.16. The third-order valence-corrected chi connectivity index (χ3v) is 2.17. The van der Waals surface area contributed by atoms with E-state index in [4.69, 9.17) is 9.47 Å². The lowest BCUT2D eigenvalue weighted by molar-refractivity contribution is 0.387. The third kappa shape index (κ3) is 1.85. The van der Waals surface area contributed by atoms with Crippen molar-refractivity contribution in [3.63, 3.8) is 0 Å². The van der Waals surface area contributed by atoms with E-state index in [1.807, 2.05) is 18.2 Å². The predicted molar refractivity (Wildman–Crippen MR) is 50.8 cm³/mol. The fourth-order valence-corrected chi connectivity index (χ4v) is 1.34. The van der Waals surface area contributed by atoms with Crippen molar-refractivity contribution in [2.75, 3.05) is 14.2 Å². The predicted octanol–water partition coefficient (Wildman–Crippen LogP) is 2.59. The topological polar surface area (TPSA) is 18.5 Å². The normalized spacial score (nSPS) is 9.58. The van der Waals surface area contributed by atoms with Crippen LogP contribution in [0.2, 0.25) is 0 Å². The van der Waals surface area contributed by atoms with E-state index in [2.05, 4.69) is 6.26 Å². The van der Waals surface area contributed by atoms with E-state index in [0.717, 1.165) is 16.4 Å². The van der Waals surface area contributed by atoms with E-state index in [-0.39, 0.29) is 0 Å². The van der Waals surface area contributed by atoms with Crippen LogP contribution in [0.4, 0.5) is 0 Å². The average Bonchev–Trinajstić information content (AvgIpc) is 2.16. The van der Waals surface area contributed by atoms with Gasteiger partial charge in [-0.25, -0.2) is 0 Å². The highest BCUT2D eigenvalue weighted by atomic mass is 32.2. The molecule has 65 valence electrons. The van der Waals surface area contributed by atoms with Gasteiger partial charge in [0.2, 0.25) is 0 Å². The summed E-state index contributed by atoms with van der Waals surface area (Å²) in [5.74, 6) is 1.60. The third-order valence-electron chi connectivity index (χ3n) is 1.53. The molecule has 1 aromatic carbocycles. The van der Waals surface area contributed by atoms with Crippen LogP contribution in [0.5, 0.6) is 11.5 Å². The van der Waals surface area contributed by atoms with Crippen molar-refractivity contribution < 1.29 is 9.47 Å². The van der Waals surface area contributed by atoms with Gasteiger partial charge in [0.05, 0.1) is 14.2 Å². The Labute approximate surface area is 76.9 Å². The largest absolute Gasteiger partial charge is 0.497 e. The Morgan fingerprint density at radius 1 is 1.25 bits per heavy atom. The first-order valence-electron chi connectivity index (χ1n) is 3.46. The number of hydrogen-bond donors (Lipinski definition) is 0. The Morgan fingerprint density at radius 2 is 2.00 bits per heavy atom. The minimum absolute atomic E-state index is 0.796. The van der Waals surface area contributed by atoms with Gasteiger partial charge in [-0.1, -0.05) is 0 Å². The van der Waals surface area contributed by atoms with E-state index in [1.54, 1.807) is 14.2 Å². The smallest absolute Gasteiger partial charge is 0.136 e. The van der Waals surface area contributed by atoms with Gasteiger partial charge in [-0.15, -0.1) is 11.8 Å². The molecule has 0 amide bonds. The zero-order valence-corrected chi connectivity index (χ0v) is 7.98. The molecule has 1 rings (SSSR count). The van der Waals surface area contributed by atoms with Gasteiger partial charge in [0.15, 0.2) is 0 Å². The highest BCUT2D eigenvalue weighted by molar-refractivity contribution is 8.00. The average molecular weight is 183 g/mol. The Kier molecular flexibility index (Phi) is 3.29. The first kappa shape index (κ1) is 9.26. The Bertz CT molecular complexity index is 261. The quantitative estimate of drug-likeness (QED) is 0.671. The molecule has 2 nitrogen and oxygen atoms in total. The van der Waals surface area contributed by atoms with Gasteiger partial charge in [-0.05, 0) is 12.1 Å². The molecule has 0 fully saturated rings. The number of thioether (sulfide) groups is 1. The molecule has 3 heteroatoms. The van der Waals surface area contributed by atoms with Crippen LogP contribution in [-0.2, 0) is 0 Å². The second kappa shape index (κ2) is 4.26. The summed E-state index contributed by atoms with van der Waals surface area (Å²) < 4.78 is 10.2. The van der Waals surface area contributed by atoms with E-state index in [1.165, 1.54) is 11.8 Å². The number of methoxy groups -OCH3 is 2. The molecule has 0 heterocycles. The molecule has 0 unspecified atom stereocenters. The molecule has 0 spiro atoms. The Morgan fingerprint density at radius 3 is 2.50 bits per heavy atom. The molecule has 0 aliphatic rings. The van der Waals surface area contributed by atoms with Gasteiger partial charge in [0, 0.05) is 17.2 Å². The molecule has 0 aromatic heterocycles. The summed E-state index contributed by atoms with van der Waals surface area (Å²) in [7, 11) is 3.26. The molecular weight excluding hydrogens is 172 g/mol. The van der Waals surface area contributed by atoms with Crippen LogP contribution in [0.15, 0.2) is 23.1 Å². The molecule has 12 heavy (non-hydrogen) atoms. The van der Waals surface area contributed by atoms with Crippen LogP contribution in [0.3, 0.4) is 0 Å². The van der Waals surface area contributed by atoms with Gasteiger partial charge in [0.1, 0.15) is 11.5 Å². The maximum Gasteiger partial charge on any atom is 0.136 e. The zero-order chi connectivity index (χ0) is 8.97. The highest BCUT2D eigenvalue weighted by Crippen LogP contribution is 2.31. The molecule has 0 bridgehead atoms. The van der Waals surface area contributed by atoms with Crippen LogP contribution in [0.25, 0.3) is 0 Å². The van der Waals surface area contributed by atoms with Crippen LogP contribution in [0, 0.1) is 6.26 Å². The molecule has 0 atom stereocenters. The molecule has 0 aliphatic carbocycles. The van der Waals surface area contributed by atoms with Gasteiger partial charge in [-0.3, -0.25) is 0 Å². The molecule has 0 N–H and O–H groups in total. The first-order chi connectivity index (χ1) is 5.81. The second-order valence-corrected chi connectivity index (χ2v) is 2.89. The van der Waals surface area contributed by atoms with Gasteiger partial charge in [-0.2, -0.15) is 0 Å². The van der Waals surface area contributed by atoms with Gasteiger partial charge in [0.25, 0.3) is 0 Å². The lowest BCUT2D eigenvalue weighted by atomic mass is 10.3. The molecule has 1 aromatic rings. The second-order valence-electron chi connectivity index (χ2n) is 2.16. The number of hydrogen-bond acceptors (Lipinski definition) is 3. The summed E-state index contributed by atoms with van der Waals surface area (Å²) >= 11 is 1.41. The molecule has 0 aliphatic heterocycles. The molecular formula is C9H11O2S. The highest BCUT2D eigenvalue weighted by Gasteiger charge is 2.02. The van der Waals surface area contributed by atoms with Crippen LogP contribution >= 0.6 is 11.8 Å². The van der Waals surface area contributed by atoms with Gasteiger partial charge >= 0.3 is 0 Å². The maximum atomic E-state index is 5.14. The Hall–Kier alpha value is -0.830. The van der Waals surface area contributed by atoms with E-state index < -0.39 is 0 Å². The lowest BCUT2D eigenvalue weighted by Gasteiger charge is -2.07. The number of benzene rings is 1. The van der Waals surface area contributed by atoms with Gasteiger partial charge < -0.3 is 9.47 Å². The monoisotopic (exact) mass is 183 g/mol. The SMILES string of the molecule is [CH2]Sc1ccc(OC)cc1OC. The maximum absolute atomic E-state index is 5.14. The Balaban J connectivity index is 3.02. The standard InChI is InChI=1S/C9H11O2S/c1-10-7-4-5-9(12-3)8(6-7)11-2/h4-6H,3H2,1-2H3. The van der Waals surface area contributed by atoms with Crippen molar-refractivity contribution >= 4 is 11.8 Å². The van der Waals surface area contributed by atoms with Crippen molar-refractivity contribution in [1.82, 2.24) is 0 Å². The summed E-state index contributed by atoms with van der Waals surface area (Å²) in [4.78, 5) is 1.01. The number of ether oxygens (including phenoxy) is 2. The molecule has 0 saturated heterocycles. The van der Waals surface area contributed by atoms with Crippen molar-refractivity contribution in [3.8, 4) is 11.5 Å². The molecule has 0 saturated carbocycles. The van der Waals surface area contributed by atoms with Crippen LogP contribution < -0.4 is 9.47 Å². The van der Waals surface area contributed by atoms with Crippen LogP contribution in [-0.4, -0.2) is 14.2 Å². The minimum Gasteiger partial charge on any atom is -0.497 e. The lowest BCUT2D eigenvalue weighted by Crippen LogP contribution is -1.88. The summed E-state index contributed by atoms with van der Waals surface area (Å²) in [6.07, 6.45) is 3.72. The summed E-state index contributed by atoms with van der Waals surface area (Å²) in [5, 5.41) is 0. The number of rotatable bonds is 3. The van der Waals surface area contributed by atoms with Crippen LogP contribution in [0.1, 0.15) is 0 Å².